The lowest BCUT2D eigenvalue weighted by molar-refractivity contribution is -0.139. The van der Waals surface area contributed by atoms with Crippen LogP contribution in [0.15, 0.2) is 24.4 Å². The second-order valence-electron chi connectivity index (χ2n) is 4.26. The zero-order valence-electron chi connectivity index (χ0n) is 9.86. The van der Waals surface area contributed by atoms with Crippen molar-refractivity contribution >= 4 is 16.9 Å². The van der Waals surface area contributed by atoms with Gasteiger partial charge in [-0.05, 0) is 23.6 Å². The van der Waals surface area contributed by atoms with Gasteiger partial charge in [0.1, 0.15) is 5.75 Å². The Morgan fingerprint density at radius 1 is 1.47 bits per heavy atom. The molecule has 0 aliphatic carbocycles. The summed E-state index contributed by atoms with van der Waals surface area (Å²) in [5.74, 6) is 0.0109. The number of fused-ring (bicyclic) bond motifs is 1. The summed E-state index contributed by atoms with van der Waals surface area (Å²) in [4.78, 5) is 13.7. The highest BCUT2D eigenvalue weighted by atomic mass is 16.5. The number of benzene rings is 1. The minimum atomic E-state index is -0.969. The summed E-state index contributed by atoms with van der Waals surface area (Å²) >= 11 is 0. The van der Waals surface area contributed by atoms with Gasteiger partial charge in [-0.15, -0.1) is 0 Å². The first-order chi connectivity index (χ1) is 8.09. The molecule has 2 rings (SSSR count). The molecule has 0 aliphatic heterocycles. The third kappa shape index (κ3) is 2.25. The minimum absolute atomic E-state index is 0.318. The second kappa shape index (κ2) is 4.49. The van der Waals surface area contributed by atoms with E-state index in [0.29, 0.717) is 11.7 Å². The predicted octanol–water partition coefficient (Wildman–Crippen LogP) is 2.75. The number of rotatable bonds is 4. The SMILES string of the molecule is CC(C)c1c[nH]c2cccc(OCC(=O)O)c12. The first kappa shape index (κ1) is 11.5. The van der Waals surface area contributed by atoms with Gasteiger partial charge in [0.25, 0.3) is 0 Å². The number of hydrogen-bond acceptors (Lipinski definition) is 2. The summed E-state index contributed by atoms with van der Waals surface area (Å²) in [5, 5.41) is 9.62. The summed E-state index contributed by atoms with van der Waals surface area (Å²) in [5.41, 5.74) is 2.11. The molecular weight excluding hydrogens is 218 g/mol. The highest BCUT2D eigenvalue weighted by molar-refractivity contribution is 5.90. The van der Waals surface area contributed by atoms with Crippen molar-refractivity contribution in [3.8, 4) is 5.75 Å². The molecule has 0 atom stereocenters. The monoisotopic (exact) mass is 233 g/mol. The van der Waals surface area contributed by atoms with E-state index in [1.165, 1.54) is 0 Å². The van der Waals surface area contributed by atoms with Crippen molar-refractivity contribution in [2.45, 2.75) is 19.8 Å². The van der Waals surface area contributed by atoms with Gasteiger partial charge in [-0.1, -0.05) is 19.9 Å². The van der Waals surface area contributed by atoms with Gasteiger partial charge in [-0.25, -0.2) is 4.79 Å². The van der Waals surface area contributed by atoms with Gasteiger partial charge in [-0.3, -0.25) is 0 Å². The van der Waals surface area contributed by atoms with Gasteiger partial charge < -0.3 is 14.8 Å². The van der Waals surface area contributed by atoms with E-state index in [-0.39, 0.29) is 6.61 Å². The van der Waals surface area contributed by atoms with Crippen molar-refractivity contribution in [2.75, 3.05) is 6.61 Å². The largest absolute Gasteiger partial charge is 0.481 e. The minimum Gasteiger partial charge on any atom is -0.481 e. The van der Waals surface area contributed by atoms with Crippen LogP contribution in [0.5, 0.6) is 5.75 Å². The Hall–Kier alpha value is -1.97. The topological polar surface area (TPSA) is 62.3 Å². The molecule has 0 fully saturated rings. The zero-order chi connectivity index (χ0) is 12.4. The third-order valence-electron chi connectivity index (χ3n) is 2.67. The lowest BCUT2D eigenvalue weighted by atomic mass is 10.0. The summed E-state index contributed by atoms with van der Waals surface area (Å²) in [6, 6.07) is 5.60. The lowest BCUT2D eigenvalue weighted by Gasteiger charge is -2.08. The van der Waals surface area contributed by atoms with E-state index >= 15 is 0 Å². The van der Waals surface area contributed by atoms with Gasteiger partial charge in [-0.2, -0.15) is 0 Å². The fourth-order valence-corrected chi connectivity index (χ4v) is 1.89. The maximum Gasteiger partial charge on any atom is 0.341 e. The number of aromatic amines is 1. The first-order valence-corrected chi connectivity index (χ1v) is 5.54. The van der Waals surface area contributed by atoms with E-state index < -0.39 is 5.97 Å². The molecule has 2 aromatic rings. The van der Waals surface area contributed by atoms with Gasteiger partial charge in [0, 0.05) is 17.1 Å². The molecule has 1 aromatic heterocycles. The van der Waals surface area contributed by atoms with Crippen LogP contribution < -0.4 is 4.74 Å². The predicted molar refractivity (Wildman–Crippen MR) is 65.5 cm³/mol. The van der Waals surface area contributed by atoms with E-state index in [1.807, 2.05) is 18.3 Å². The van der Waals surface area contributed by atoms with Crippen LogP contribution in [0.2, 0.25) is 0 Å². The van der Waals surface area contributed by atoms with Gasteiger partial charge in [0.2, 0.25) is 0 Å². The lowest BCUT2D eigenvalue weighted by Crippen LogP contribution is -2.09. The fourth-order valence-electron chi connectivity index (χ4n) is 1.89. The molecule has 1 aromatic carbocycles. The van der Waals surface area contributed by atoms with Crippen LogP contribution >= 0.6 is 0 Å². The maximum atomic E-state index is 10.5. The van der Waals surface area contributed by atoms with Crippen LogP contribution in [-0.2, 0) is 4.79 Å². The number of carboxylic acids is 1. The first-order valence-electron chi connectivity index (χ1n) is 5.54. The van der Waals surface area contributed by atoms with Crippen LogP contribution in [0.4, 0.5) is 0 Å². The molecule has 17 heavy (non-hydrogen) atoms. The van der Waals surface area contributed by atoms with E-state index in [1.54, 1.807) is 6.07 Å². The highest BCUT2D eigenvalue weighted by Crippen LogP contribution is 2.32. The number of aromatic nitrogens is 1. The number of carbonyl (C=O) groups is 1. The van der Waals surface area contributed by atoms with E-state index in [0.717, 1.165) is 16.5 Å². The maximum absolute atomic E-state index is 10.5. The third-order valence-corrected chi connectivity index (χ3v) is 2.67. The smallest absolute Gasteiger partial charge is 0.341 e. The Bertz CT molecular complexity index is 543. The zero-order valence-corrected chi connectivity index (χ0v) is 9.86. The average Bonchev–Trinajstić information content (AvgIpc) is 2.70. The van der Waals surface area contributed by atoms with Crippen molar-refractivity contribution in [1.82, 2.24) is 4.98 Å². The van der Waals surface area contributed by atoms with Crippen molar-refractivity contribution in [3.63, 3.8) is 0 Å². The van der Waals surface area contributed by atoms with Crippen LogP contribution in [0.3, 0.4) is 0 Å². The van der Waals surface area contributed by atoms with Crippen molar-refractivity contribution in [2.24, 2.45) is 0 Å². The van der Waals surface area contributed by atoms with E-state index in [4.69, 9.17) is 9.84 Å². The van der Waals surface area contributed by atoms with Crippen molar-refractivity contribution in [3.05, 3.63) is 30.0 Å². The summed E-state index contributed by atoms with van der Waals surface area (Å²) in [7, 11) is 0. The molecular formula is C13H15NO3. The Morgan fingerprint density at radius 3 is 2.88 bits per heavy atom. The van der Waals surface area contributed by atoms with Crippen LogP contribution in [0, 0.1) is 0 Å². The van der Waals surface area contributed by atoms with E-state index in [9.17, 15) is 4.79 Å². The molecule has 4 nitrogen and oxygen atoms in total. The summed E-state index contributed by atoms with van der Waals surface area (Å²) < 4.78 is 5.31. The van der Waals surface area contributed by atoms with E-state index in [2.05, 4.69) is 18.8 Å². The molecule has 1 heterocycles. The number of ether oxygens (including phenoxy) is 1. The average molecular weight is 233 g/mol. The number of carboxylic acid groups (broad SMARTS) is 1. The molecule has 0 aliphatic rings. The Kier molecular flexibility index (Phi) is 3.04. The molecule has 0 saturated heterocycles. The molecule has 0 bridgehead atoms. The van der Waals surface area contributed by atoms with Crippen LogP contribution in [0.25, 0.3) is 10.9 Å². The molecule has 0 amide bonds. The number of nitrogens with one attached hydrogen (secondary N) is 1. The van der Waals surface area contributed by atoms with Crippen molar-refractivity contribution in [1.29, 1.82) is 0 Å². The molecule has 90 valence electrons. The molecule has 0 unspecified atom stereocenters. The number of aliphatic carboxylic acids is 1. The Balaban J connectivity index is 2.46. The molecule has 4 heteroatoms. The highest BCUT2D eigenvalue weighted by Gasteiger charge is 2.12. The van der Waals surface area contributed by atoms with Crippen LogP contribution in [-0.4, -0.2) is 22.7 Å². The number of hydrogen-bond donors (Lipinski definition) is 2. The van der Waals surface area contributed by atoms with Gasteiger partial charge >= 0.3 is 5.97 Å². The molecule has 2 N–H and O–H groups in total. The molecule has 0 spiro atoms. The summed E-state index contributed by atoms with van der Waals surface area (Å²) in [6.45, 7) is 3.87. The Morgan fingerprint density at radius 2 is 2.24 bits per heavy atom. The normalized spacial score (nSPS) is 11.0. The molecule has 0 saturated carbocycles. The quantitative estimate of drug-likeness (QED) is 0.853. The standard InChI is InChI=1S/C13H15NO3/c1-8(2)9-6-14-10-4-3-5-11(13(9)10)17-7-12(15)16/h3-6,8,14H,7H2,1-2H3,(H,15,16). The molecule has 0 radical (unpaired) electrons. The number of H-pyrrole nitrogens is 1. The Labute approximate surface area is 99.2 Å². The van der Waals surface area contributed by atoms with Gasteiger partial charge in [0.15, 0.2) is 6.61 Å². The summed E-state index contributed by atoms with van der Waals surface area (Å²) in [6.07, 6.45) is 1.95. The second-order valence-corrected chi connectivity index (χ2v) is 4.26. The van der Waals surface area contributed by atoms with Crippen molar-refractivity contribution < 1.29 is 14.6 Å². The van der Waals surface area contributed by atoms with Crippen LogP contribution in [0.1, 0.15) is 25.3 Å². The fraction of sp³-hybridized carbons (Fsp3) is 0.308. The van der Waals surface area contributed by atoms with Gasteiger partial charge in [0.05, 0.1) is 0 Å².